The largest absolute Gasteiger partial charge is 0.329 e. The highest BCUT2D eigenvalue weighted by Crippen LogP contribution is 2.29. The van der Waals surface area contributed by atoms with Crippen LogP contribution in [0.25, 0.3) is 0 Å². The fourth-order valence-corrected chi connectivity index (χ4v) is 2.15. The van der Waals surface area contributed by atoms with E-state index in [1.807, 2.05) is 11.9 Å². The second-order valence-corrected chi connectivity index (χ2v) is 4.61. The Morgan fingerprint density at radius 3 is 2.53 bits per heavy atom. The third-order valence-corrected chi connectivity index (χ3v) is 3.23. The van der Waals surface area contributed by atoms with Gasteiger partial charge in [0.15, 0.2) is 0 Å². The van der Waals surface area contributed by atoms with E-state index in [2.05, 4.69) is 16.9 Å². The van der Waals surface area contributed by atoms with E-state index in [1.165, 1.54) is 18.5 Å². The Morgan fingerprint density at radius 2 is 1.89 bits per heavy atom. The average molecular weight is 280 g/mol. The lowest BCUT2D eigenvalue weighted by Crippen LogP contribution is -2.14. The summed E-state index contributed by atoms with van der Waals surface area (Å²) >= 11 is 6.13. The van der Waals surface area contributed by atoms with Crippen LogP contribution in [0.3, 0.4) is 0 Å². The maximum atomic E-state index is 13.0. The maximum Gasteiger partial charge on any atom is 0.140 e. The number of nitrogens with zero attached hydrogens (tertiary/aromatic N) is 3. The van der Waals surface area contributed by atoms with Crippen molar-refractivity contribution in [2.75, 3.05) is 11.9 Å². The molecule has 0 unspecified atom stereocenters. The van der Waals surface area contributed by atoms with Gasteiger partial charge in [0.05, 0.1) is 0 Å². The molecule has 0 aliphatic rings. The highest BCUT2D eigenvalue weighted by atomic mass is 35.5. The lowest BCUT2D eigenvalue weighted by molar-refractivity contribution is 0.628. The molecule has 0 bridgehead atoms. The topological polar surface area (TPSA) is 29.0 Å². The summed E-state index contributed by atoms with van der Waals surface area (Å²) in [6, 6.07) is 6.27. The molecule has 0 radical (unpaired) electrons. The van der Waals surface area contributed by atoms with Gasteiger partial charge in [0.1, 0.15) is 23.1 Å². The van der Waals surface area contributed by atoms with Crippen LogP contribution in [0.2, 0.25) is 5.15 Å². The predicted molar refractivity (Wildman–Crippen MR) is 75.5 cm³/mol. The molecule has 1 heterocycles. The van der Waals surface area contributed by atoms with E-state index in [-0.39, 0.29) is 5.82 Å². The van der Waals surface area contributed by atoms with Gasteiger partial charge in [-0.15, -0.1) is 0 Å². The maximum absolute atomic E-state index is 13.0. The Morgan fingerprint density at radius 1 is 1.21 bits per heavy atom. The molecule has 0 N–H and O–H groups in total. The molecule has 0 amide bonds. The molecular formula is C14H15ClFN3. The number of benzene rings is 1. The molecule has 100 valence electrons. The van der Waals surface area contributed by atoms with Crippen molar-refractivity contribution in [3.63, 3.8) is 0 Å². The van der Waals surface area contributed by atoms with Crippen LogP contribution in [0.5, 0.6) is 0 Å². The van der Waals surface area contributed by atoms with E-state index >= 15 is 0 Å². The third-order valence-electron chi connectivity index (χ3n) is 2.90. The zero-order valence-electron chi connectivity index (χ0n) is 10.9. The summed E-state index contributed by atoms with van der Waals surface area (Å²) in [7, 11) is 1.88. The molecule has 2 rings (SSSR count). The van der Waals surface area contributed by atoms with Crippen molar-refractivity contribution >= 4 is 23.1 Å². The van der Waals surface area contributed by atoms with Crippen LogP contribution in [-0.2, 0) is 6.42 Å². The minimum Gasteiger partial charge on any atom is -0.329 e. The van der Waals surface area contributed by atoms with Crippen LogP contribution in [0.15, 0.2) is 30.6 Å². The lowest BCUT2D eigenvalue weighted by atomic mass is 10.1. The second-order valence-electron chi connectivity index (χ2n) is 4.25. The van der Waals surface area contributed by atoms with Gasteiger partial charge < -0.3 is 4.90 Å². The quantitative estimate of drug-likeness (QED) is 0.793. The Balaban J connectivity index is 2.40. The Kier molecular flexibility index (Phi) is 4.32. The number of halogens is 2. The number of hydrogen-bond donors (Lipinski definition) is 0. The van der Waals surface area contributed by atoms with E-state index < -0.39 is 0 Å². The molecule has 1 aromatic heterocycles. The van der Waals surface area contributed by atoms with Crippen molar-refractivity contribution in [3.8, 4) is 0 Å². The van der Waals surface area contributed by atoms with Gasteiger partial charge in [0.25, 0.3) is 0 Å². The molecule has 3 nitrogen and oxygen atoms in total. The molecule has 5 heteroatoms. The van der Waals surface area contributed by atoms with Gasteiger partial charge in [-0.05, 0) is 30.7 Å². The standard InChI is InChI=1S/C14H15ClFN3/c1-3-4-12-13(15)17-9-18-14(12)19(2)11-7-5-10(16)6-8-11/h5-9H,3-4H2,1-2H3. The van der Waals surface area contributed by atoms with Gasteiger partial charge in [0, 0.05) is 18.3 Å². The predicted octanol–water partition coefficient (Wildman–Crippen LogP) is 3.99. The van der Waals surface area contributed by atoms with E-state index in [4.69, 9.17) is 11.6 Å². The van der Waals surface area contributed by atoms with Gasteiger partial charge in [-0.1, -0.05) is 24.9 Å². The van der Waals surface area contributed by atoms with E-state index in [1.54, 1.807) is 12.1 Å². The van der Waals surface area contributed by atoms with Crippen molar-refractivity contribution in [1.29, 1.82) is 0 Å². The number of rotatable bonds is 4. The minimum atomic E-state index is -0.258. The minimum absolute atomic E-state index is 0.258. The van der Waals surface area contributed by atoms with Crippen LogP contribution in [-0.4, -0.2) is 17.0 Å². The fourth-order valence-electron chi connectivity index (χ4n) is 1.92. The molecule has 0 aliphatic carbocycles. The first-order valence-corrected chi connectivity index (χ1v) is 6.50. The highest BCUT2D eigenvalue weighted by molar-refractivity contribution is 6.30. The first-order chi connectivity index (χ1) is 9.13. The summed E-state index contributed by atoms with van der Waals surface area (Å²) in [4.78, 5) is 10.2. The Bertz CT molecular complexity index is 557. The first kappa shape index (κ1) is 13.7. The molecule has 2 aromatic rings. The first-order valence-electron chi connectivity index (χ1n) is 6.12. The van der Waals surface area contributed by atoms with Crippen LogP contribution in [0.1, 0.15) is 18.9 Å². The summed E-state index contributed by atoms with van der Waals surface area (Å²) in [5.74, 6) is 0.500. The molecule has 1 aromatic carbocycles. The molecule has 0 aliphatic heterocycles. The van der Waals surface area contributed by atoms with Crippen LogP contribution in [0.4, 0.5) is 15.9 Å². The van der Waals surface area contributed by atoms with Gasteiger partial charge in [0.2, 0.25) is 0 Å². The zero-order chi connectivity index (χ0) is 13.8. The van der Waals surface area contributed by atoms with E-state index in [0.29, 0.717) is 5.15 Å². The van der Waals surface area contributed by atoms with Gasteiger partial charge >= 0.3 is 0 Å². The average Bonchev–Trinajstić information content (AvgIpc) is 2.41. The summed E-state index contributed by atoms with van der Waals surface area (Å²) in [5, 5.41) is 0.473. The summed E-state index contributed by atoms with van der Waals surface area (Å²) in [6.45, 7) is 2.07. The molecule has 0 spiro atoms. The Hall–Kier alpha value is -1.68. The molecule has 0 saturated heterocycles. The molecule has 0 saturated carbocycles. The van der Waals surface area contributed by atoms with Crippen LogP contribution < -0.4 is 4.90 Å². The lowest BCUT2D eigenvalue weighted by Gasteiger charge is -2.21. The summed E-state index contributed by atoms with van der Waals surface area (Å²) < 4.78 is 13.0. The van der Waals surface area contributed by atoms with E-state index in [0.717, 1.165) is 29.9 Å². The molecule has 0 fully saturated rings. The smallest absolute Gasteiger partial charge is 0.140 e. The van der Waals surface area contributed by atoms with Crippen molar-refractivity contribution in [3.05, 3.63) is 47.1 Å². The monoisotopic (exact) mass is 279 g/mol. The summed E-state index contributed by atoms with van der Waals surface area (Å²) in [5.41, 5.74) is 1.77. The zero-order valence-corrected chi connectivity index (χ0v) is 11.7. The van der Waals surface area contributed by atoms with Crippen molar-refractivity contribution in [2.24, 2.45) is 0 Å². The molecule has 0 atom stereocenters. The van der Waals surface area contributed by atoms with Crippen molar-refractivity contribution in [1.82, 2.24) is 9.97 Å². The number of aromatic nitrogens is 2. The Labute approximate surface area is 117 Å². The third kappa shape index (κ3) is 3.01. The van der Waals surface area contributed by atoms with Crippen molar-refractivity contribution < 1.29 is 4.39 Å². The number of anilines is 2. The van der Waals surface area contributed by atoms with Gasteiger partial charge in [-0.2, -0.15) is 0 Å². The van der Waals surface area contributed by atoms with E-state index in [9.17, 15) is 4.39 Å². The van der Waals surface area contributed by atoms with Crippen LogP contribution >= 0.6 is 11.6 Å². The van der Waals surface area contributed by atoms with Gasteiger partial charge in [-0.3, -0.25) is 0 Å². The van der Waals surface area contributed by atoms with Crippen LogP contribution in [0, 0.1) is 5.82 Å². The second kappa shape index (κ2) is 5.97. The fraction of sp³-hybridized carbons (Fsp3) is 0.286. The SMILES string of the molecule is CCCc1c(Cl)ncnc1N(C)c1ccc(F)cc1. The summed E-state index contributed by atoms with van der Waals surface area (Å²) in [6.07, 6.45) is 3.20. The molecule has 19 heavy (non-hydrogen) atoms. The highest BCUT2D eigenvalue weighted by Gasteiger charge is 2.14. The number of hydrogen-bond acceptors (Lipinski definition) is 3. The van der Waals surface area contributed by atoms with Crippen molar-refractivity contribution in [2.45, 2.75) is 19.8 Å². The normalized spacial score (nSPS) is 10.5. The molecular weight excluding hydrogens is 265 g/mol. The van der Waals surface area contributed by atoms with Gasteiger partial charge in [-0.25, -0.2) is 14.4 Å².